The summed E-state index contributed by atoms with van der Waals surface area (Å²) >= 11 is 0. The van der Waals surface area contributed by atoms with Crippen LogP contribution >= 0.6 is 0 Å². The van der Waals surface area contributed by atoms with Gasteiger partial charge in [0.05, 0.1) is 4.90 Å². The molecule has 0 unspecified atom stereocenters. The number of anilines is 1. The Morgan fingerprint density at radius 2 is 1.72 bits per heavy atom. The van der Waals surface area contributed by atoms with Gasteiger partial charge in [0.15, 0.2) is 0 Å². The maximum atomic E-state index is 13.0. The normalized spacial score (nSPS) is 14.6. The molecule has 7 heteroatoms. The van der Waals surface area contributed by atoms with Crippen LogP contribution in [0.1, 0.15) is 28.8 Å². The summed E-state index contributed by atoms with van der Waals surface area (Å²) in [6.07, 6.45) is 1.93. The van der Waals surface area contributed by atoms with Gasteiger partial charge in [-0.05, 0) is 61.7 Å². The van der Waals surface area contributed by atoms with Crippen molar-refractivity contribution >= 4 is 21.6 Å². The van der Waals surface area contributed by atoms with Crippen molar-refractivity contribution in [3.05, 3.63) is 59.4 Å². The number of sulfonamides is 1. The third kappa shape index (κ3) is 3.82. The summed E-state index contributed by atoms with van der Waals surface area (Å²) in [5.41, 5.74) is 1.15. The second-order valence-corrected chi connectivity index (χ2v) is 7.74. The molecule has 0 atom stereocenters. The fraction of sp³-hybridized carbons (Fsp3) is 0.278. The number of rotatable bonds is 4. The van der Waals surface area contributed by atoms with Gasteiger partial charge in [-0.15, -0.1) is 0 Å². The van der Waals surface area contributed by atoms with E-state index in [4.69, 9.17) is 0 Å². The van der Waals surface area contributed by atoms with Gasteiger partial charge in [-0.1, -0.05) is 6.07 Å². The van der Waals surface area contributed by atoms with Gasteiger partial charge in [-0.2, -0.15) is 0 Å². The minimum Gasteiger partial charge on any atom is -0.339 e. The highest BCUT2D eigenvalue weighted by molar-refractivity contribution is 7.92. The first kappa shape index (κ1) is 17.4. The minimum absolute atomic E-state index is 0.0434. The van der Waals surface area contributed by atoms with Gasteiger partial charge in [-0.3, -0.25) is 9.52 Å². The monoisotopic (exact) mass is 362 g/mol. The number of hydrogen-bond donors (Lipinski definition) is 1. The lowest BCUT2D eigenvalue weighted by Gasteiger charge is -2.17. The fourth-order valence-corrected chi connectivity index (χ4v) is 4.18. The van der Waals surface area contributed by atoms with Gasteiger partial charge in [0, 0.05) is 24.3 Å². The lowest BCUT2D eigenvalue weighted by Crippen LogP contribution is -2.28. The first-order valence-corrected chi connectivity index (χ1v) is 9.53. The number of nitrogens with one attached hydrogen (secondary N) is 1. The molecule has 1 heterocycles. The molecule has 132 valence electrons. The molecule has 1 N–H and O–H groups in total. The van der Waals surface area contributed by atoms with E-state index in [1.807, 2.05) is 0 Å². The van der Waals surface area contributed by atoms with Gasteiger partial charge in [0.1, 0.15) is 5.82 Å². The standard InChI is InChI=1S/C18H19FN2O3S/c1-13-4-5-14(18(22)21-10-2-3-11-21)12-17(13)25(23,24)20-16-8-6-15(19)7-9-16/h4-9,12,20H,2-3,10-11H2,1H3. The zero-order chi connectivity index (χ0) is 18.0. The van der Waals surface area contributed by atoms with Crippen molar-refractivity contribution in [1.82, 2.24) is 4.90 Å². The molecular weight excluding hydrogens is 343 g/mol. The van der Waals surface area contributed by atoms with Gasteiger partial charge in [0.25, 0.3) is 15.9 Å². The molecule has 0 spiro atoms. The predicted octanol–water partition coefficient (Wildman–Crippen LogP) is 3.17. The van der Waals surface area contributed by atoms with Crippen LogP contribution in [0.25, 0.3) is 0 Å². The van der Waals surface area contributed by atoms with Crippen molar-refractivity contribution in [2.75, 3.05) is 17.8 Å². The number of halogens is 1. The van der Waals surface area contributed by atoms with E-state index in [1.165, 1.54) is 30.3 Å². The number of likely N-dealkylation sites (tertiary alicyclic amines) is 1. The number of aryl methyl sites for hydroxylation is 1. The smallest absolute Gasteiger partial charge is 0.262 e. The first-order chi connectivity index (χ1) is 11.9. The molecule has 2 aromatic carbocycles. The van der Waals surface area contributed by atoms with Crippen LogP contribution < -0.4 is 4.72 Å². The van der Waals surface area contributed by atoms with Crippen LogP contribution in [0.3, 0.4) is 0 Å². The molecule has 1 aliphatic heterocycles. The Morgan fingerprint density at radius 3 is 2.36 bits per heavy atom. The summed E-state index contributed by atoms with van der Waals surface area (Å²) in [6, 6.07) is 9.73. The van der Waals surface area contributed by atoms with Crippen molar-refractivity contribution in [2.45, 2.75) is 24.7 Å². The summed E-state index contributed by atoms with van der Waals surface area (Å²) in [6.45, 7) is 3.06. The maximum absolute atomic E-state index is 13.0. The van der Waals surface area contributed by atoms with E-state index in [1.54, 1.807) is 24.0 Å². The molecule has 1 saturated heterocycles. The summed E-state index contributed by atoms with van der Waals surface area (Å²) in [5.74, 6) is -0.604. The van der Waals surface area contributed by atoms with Gasteiger partial charge < -0.3 is 4.90 Å². The van der Waals surface area contributed by atoms with E-state index in [0.717, 1.165) is 12.8 Å². The largest absolute Gasteiger partial charge is 0.339 e. The van der Waals surface area contributed by atoms with Crippen LogP contribution in [0.2, 0.25) is 0 Å². The first-order valence-electron chi connectivity index (χ1n) is 8.05. The van der Waals surface area contributed by atoms with Crippen molar-refractivity contribution in [2.24, 2.45) is 0 Å². The number of nitrogens with zero attached hydrogens (tertiary/aromatic N) is 1. The number of hydrogen-bond acceptors (Lipinski definition) is 3. The SMILES string of the molecule is Cc1ccc(C(=O)N2CCCC2)cc1S(=O)(=O)Nc1ccc(F)cc1. The Balaban J connectivity index is 1.90. The Morgan fingerprint density at radius 1 is 1.08 bits per heavy atom. The van der Waals surface area contributed by atoms with Crippen molar-refractivity contribution in [3.8, 4) is 0 Å². The van der Waals surface area contributed by atoms with Gasteiger partial charge in [-0.25, -0.2) is 12.8 Å². The second kappa shape index (κ2) is 6.84. The van der Waals surface area contributed by atoms with Gasteiger partial charge in [0.2, 0.25) is 0 Å². The van der Waals surface area contributed by atoms with Crippen LogP contribution in [0, 0.1) is 12.7 Å². The second-order valence-electron chi connectivity index (χ2n) is 6.09. The lowest BCUT2D eigenvalue weighted by molar-refractivity contribution is 0.0792. The Hall–Kier alpha value is -2.41. The summed E-state index contributed by atoms with van der Waals surface area (Å²) < 4.78 is 40.7. The molecule has 0 saturated carbocycles. The maximum Gasteiger partial charge on any atom is 0.262 e. The Bertz CT molecular complexity index is 889. The van der Waals surface area contributed by atoms with E-state index in [0.29, 0.717) is 24.2 Å². The van der Waals surface area contributed by atoms with E-state index >= 15 is 0 Å². The van der Waals surface area contributed by atoms with Crippen molar-refractivity contribution < 1.29 is 17.6 Å². The predicted molar refractivity (Wildman–Crippen MR) is 93.5 cm³/mol. The average molecular weight is 362 g/mol. The topological polar surface area (TPSA) is 66.5 Å². The molecule has 2 aromatic rings. The minimum atomic E-state index is -3.88. The average Bonchev–Trinajstić information content (AvgIpc) is 3.11. The highest BCUT2D eigenvalue weighted by atomic mass is 32.2. The van der Waals surface area contributed by atoms with E-state index in [9.17, 15) is 17.6 Å². The number of carbonyl (C=O) groups is 1. The third-order valence-corrected chi connectivity index (χ3v) is 5.74. The van der Waals surface area contributed by atoms with Crippen LogP contribution in [0.5, 0.6) is 0 Å². The van der Waals surface area contributed by atoms with Crippen molar-refractivity contribution in [3.63, 3.8) is 0 Å². The van der Waals surface area contributed by atoms with Crippen LogP contribution in [-0.2, 0) is 10.0 Å². The van der Waals surface area contributed by atoms with E-state index in [2.05, 4.69) is 4.72 Å². The molecule has 25 heavy (non-hydrogen) atoms. The van der Waals surface area contributed by atoms with Crippen LogP contribution in [0.15, 0.2) is 47.4 Å². The molecule has 1 aliphatic rings. The van der Waals surface area contributed by atoms with E-state index in [-0.39, 0.29) is 16.5 Å². The summed E-state index contributed by atoms with van der Waals surface area (Å²) in [4.78, 5) is 14.3. The molecule has 1 fully saturated rings. The van der Waals surface area contributed by atoms with Gasteiger partial charge >= 0.3 is 0 Å². The Kier molecular flexibility index (Phi) is 4.76. The summed E-state index contributed by atoms with van der Waals surface area (Å²) in [5, 5.41) is 0. The zero-order valence-corrected chi connectivity index (χ0v) is 14.6. The lowest BCUT2D eigenvalue weighted by atomic mass is 10.1. The highest BCUT2D eigenvalue weighted by Crippen LogP contribution is 2.22. The quantitative estimate of drug-likeness (QED) is 0.908. The molecule has 0 aromatic heterocycles. The van der Waals surface area contributed by atoms with Crippen LogP contribution in [-0.4, -0.2) is 32.3 Å². The third-order valence-electron chi connectivity index (χ3n) is 4.21. The Labute approximate surface area is 146 Å². The molecule has 1 amide bonds. The number of amides is 1. The summed E-state index contributed by atoms with van der Waals surface area (Å²) in [7, 11) is -3.88. The molecule has 0 aliphatic carbocycles. The number of benzene rings is 2. The fourth-order valence-electron chi connectivity index (χ4n) is 2.85. The molecule has 0 bridgehead atoms. The van der Waals surface area contributed by atoms with Crippen LogP contribution in [0.4, 0.5) is 10.1 Å². The zero-order valence-electron chi connectivity index (χ0n) is 13.8. The molecular formula is C18H19FN2O3S. The molecule has 5 nitrogen and oxygen atoms in total. The van der Waals surface area contributed by atoms with Crippen molar-refractivity contribution in [1.29, 1.82) is 0 Å². The van der Waals surface area contributed by atoms with E-state index < -0.39 is 15.8 Å². The highest BCUT2D eigenvalue weighted by Gasteiger charge is 2.23. The molecule has 0 radical (unpaired) electrons. The number of carbonyl (C=O) groups excluding carboxylic acids is 1. The molecule has 3 rings (SSSR count).